The van der Waals surface area contributed by atoms with Crippen molar-refractivity contribution in [2.75, 3.05) is 5.73 Å². The van der Waals surface area contributed by atoms with E-state index in [0.29, 0.717) is 20.7 Å². The molecular formula is C13H10FN3O2S. The van der Waals surface area contributed by atoms with E-state index in [-0.39, 0.29) is 18.1 Å². The van der Waals surface area contributed by atoms with Crippen LogP contribution in [0.4, 0.5) is 10.1 Å². The normalized spacial score (nSPS) is 10.8. The average Bonchev–Trinajstić information content (AvgIpc) is 3.05. The van der Waals surface area contributed by atoms with Gasteiger partial charge in [0.05, 0.1) is 17.6 Å². The van der Waals surface area contributed by atoms with E-state index in [9.17, 15) is 9.18 Å². The topological polar surface area (TPSA) is 81.2 Å². The number of hydrogen-bond donors (Lipinski definition) is 2. The Hall–Kier alpha value is -2.41. The Bertz CT molecular complexity index is 767. The first-order valence-corrected chi connectivity index (χ1v) is 6.62. The lowest BCUT2D eigenvalue weighted by Gasteiger charge is -2.01. The predicted octanol–water partition coefficient (Wildman–Crippen LogP) is 2.54. The molecule has 0 unspecified atom stereocenters. The van der Waals surface area contributed by atoms with Crippen molar-refractivity contribution < 1.29 is 13.7 Å². The van der Waals surface area contributed by atoms with Crippen LogP contribution in [0.25, 0.3) is 10.1 Å². The van der Waals surface area contributed by atoms with Gasteiger partial charge in [-0.1, -0.05) is 11.2 Å². The number of rotatable bonds is 3. The van der Waals surface area contributed by atoms with Crippen molar-refractivity contribution in [2.24, 2.45) is 0 Å². The number of aromatic nitrogens is 1. The van der Waals surface area contributed by atoms with Crippen LogP contribution in [0, 0.1) is 5.82 Å². The predicted molar refractivity (Wildman–Crippen MR) is 73.9 cm³/mol. The molecule has 0 aliphatic carbocycles. The zero-order chi connectivity index (χ0) is 14.1. The lowest BCUT2D eigenvalue weighted by Crippen LogP contribution is -2.22. The zero-order valence-corrected chi connectivity index (χ0v) is 11.0. The van der Waals surface area contributed by atoms with E-state index in [4.69, 9.17) is 5.73 Å². The molecule has 0 bridgehead atoms. The van der Waals surface area contributed by atoms with E-state index < -0.39 is 5.82 Å². The summed E-state index contributed by atoms with van der Waals surface area (Å²) in [5.41, 5.74) is 6.63. The van der Waals surface area contributed by atoms with Crippen molar-refractivity contribution in [3.8, 4) is 0 Å². The number of benzene rings is 1. The molecule has 102 valence electrons. The first-order valence-electron chi connectivity index (χ1n) is 5.81. The number of hydrogen-bond acceptors (Lipinski definition) is 5. The molecule has 0 fully saturated rings. The van der Waals surface area contributed by atoms with Gasteiger partial charge in [0.2, 0.25) is 0 Å². The Balaban J connectivity index is 1.88. The summed E-state index contributed by atoms with van der Waals surface area (Å²) in [4.78, 5) is 12.4. The maximum absolute atomic E-state index is 13.7. The first-order chi connectivity index (χ1) is 9.66. The summed E-state index contributed by atoms with van der Waals surface area (Å²) < 4.78 is 19.0. The van der Waals surface area contributed by atoms with Gasteiger partial charge in [0.1, 0.15) is 22.7 Å². The largest absolute Gasteiger partial charge is 0.397 e. The number of fused-ring (bicyclic) bond motifs is 1. The molecule has 3 aromatic rings. The van der Waals surface area contributed by atoms with Crippen molar-refractivity contribution in [3.05, 3.63) is 46.9 Å². The molecule has 0 saturated heterocycles. The summed E-state index contributed by atoms with van der Waals surface area (Å²) in [6, 6.07) is 6.29. The number of amides is 1. The molecule has 0 saturated carbocycles. The van der Waals surface area contributed by atoms with Crippen molar-refractivity contribution in [2.45, 2.75) is 6.54 Å². The smallest absolute Gasteiger partial charge is 0.263 e. The molecule has 3 rings (SSSR count). The molecule has 3 N–H and O–H groups in total. The van der Waals surface area contributed by atoms with Gasteiger partial charge in [0.15, 0.2) is 0 Å². The minimum Gasteiger partial charge on any atom is -0.397 e. The van der Waals surface area contributed by atoms with Gasteiger partial charge in [-0.3, -0.25) is 4.79 Å². The molecule has 0 atom stereocenters. The number of nitrogens with one attached hydrogen (secondary N) is 1. The van der Waals surface area contributed by atoms with Gasteiger partial charge in [0.25, 0.3) is 5.91 Å². The van der Waals surface area contributed by atoms with Crippen molar-refractivity contribution >= 4 is 33.0 Å². The third-order valence-electron chi connectivity index (χ3n) is 2.83. The van der Waals surface area contributed by atoms with Gasteiger partial charge in [-0.15, -0.1) is 11.3 Å². The van der Waals surface area contributed by atoms with Crippen LogP contribution in [0.15, 0.2) is 35.1 Å². The van der Waals surface area contributed by atoms with Crippen LogP contribution in [-0.4, -0.2) is 11.1 Å². The van der Waals surface area contributed by atoms with Gasteiger partial charge in [-0.2, -0.15) is 0 Å². The molecule has 0 spiro atoms. The minimum absolute atomic E-state index is 0.167. The number of carbonyl (C=O) groups is 1. The van der Waals surface area contributed by atoms with E-state index in [1.54, 1.807) is 18.2 Å². The number of carbonyl (C=O) groups excluding carboxylic acids is 1. The number of thiophene rings is 1. The summed E-state index contributed by atoms with van der Waals surface area (Å²) >= 11 is 1.16. The number of nitrogens with zero attached hydrogens (tertiary/aromatic N) is 1. The van der Waals surface area contributed by atoms with E-state index in [1.807, 2.05) is 0 Å². The van der Waals surface area contributed by atoms with Gasteiger partial charge in [-0.25, -0.2) is 4.39 Å². The van der Waals surface area contributed by atoms with E-state index >= 15 is 0 Å². The molecule has 1 aromatic carbocycles. The van der Waals surface area contributed by atoms with Crippen LogP contribution in [0.2, 0.25) is 0 Å². The Labute approximate surface area is 117 Å². The van der Waals surface area contributed by atoms with Crippen LogP contribution in [-0.2, 0) is 6.54 Å². The second-order valence-electron chi connectivity index (χ2n) is 4.13. The number of nitrogen functional groups attached to an aromatic ring is 1. The third kappa shape index (κ3) is 2.12. The fraction of sp³-hybridized carbons (Fsp3) is 0.0769. The maximum Gasteiger partial charge on any atom is 0.263 e. The second kappa shape index (κ2) is 4.93. The summed E-state index contributed by atoms with van der Waals surface area (Å²) in [5, 5.41) is 6.65. The lowest BCUT2D eigenvalue weighted by molar-refractivity contribution is 0.0955. The summed E-state index contributed by atoms with van der Waals surface area (Å²) in [6.45, 7) is 0.228. The van der Waals surface area contributed by atoms with Crippen LogP contribution in [0.5, 0.6) is 0 Å². The molecule has 2 aromatic heterocycles. The monoisotopic (exact) mass is 291 g/mol. The average molecular weight is 291 g/mol. The SMILES string of the molecule is Nc1c(C(=O)NCc2ccon2)sc2cccc(F)c12. The molecule has 5 nitrogen and oxygen atoms in total. The number of halogens is 1. The van der Waals surface area contributed by atoms with Crippen molar-refractivity contribution in [1.82, 2.24) is 10.5 Å². The Morgan fingerprint density at radius 1 is 1.45 bits per heavy atom. The van der Waals surface area contributed by atoms with Gasteiger partial charge >= 0.3 is 0 Å². The van der Waals surface area contributed by atoms with Crippen LogP contribution in [0.3, 0.4) is 0 Å². The van der Waals surface area contributed by atoms with E-state index in [2.05, 4.69) is 15.0 Å². The number of anilines is 1. The molecule has 1 amide bonds. The quantitative estimate of drug-likeness (QED) is 0.777. The van der Waals surface area contributed by atoms with Crippen LogP contribution < -0.4 is 11.1 Å². The summed E-state index contributed by atoms with van der Waals surface area (Å²) in [6.07, 6.45) is 1.42. The highest BCUT2D eigenvalue weighted by Crippen LogP contribution is 2.35. The summed E-state index contributed by atoms with van der Waals surface area (Å²) in [5.74, 6) is -0.780. The Kier molecular flexibility index (Phi) is 3.11. The molecular weight excluding hydrogens is 281 g/mol. The third-order valence-corrected chi connectivity index (χ3v) is 4.00. The fourth-order valence-corrected chi connectivity index (χ4v) is 2.93. The highest BCUT2D eigenvalue weighted by atomic mass is 32.1. The second-order valence-corrected chi connectivity index (χ2v) is 5.18. The molecule has 20 heavy (non-hydrogen) atoms. The lowest BCUT2D eigenvalue weighted by atomic mass is 10.2. The number of nitrogens with two attached hydrogens (primary N) is 1. The Morgan fingerprint density at radius 2 is 2.30 bits per heavy atom. The zero-order valence-electron chi connectivity index (χ0n) is 10.2. The standard InChI is InChI=1S/C13H10FN3O2S/c14-8-2-1-3-9-10(8)11(15)12(20-9)13(18)16-6-7-4-5-19-17-7/h1-5H,6,15H2,(H,16,18). The minimum atomic E-state index is -0.424. The van der Waals surface area contributed by atoms with Crippen molar-refractivity contribution in [1.29, 1.82) is 0 Å². The molecule has 7 heteroatoms. The van der Waals surface area contributed by atoms with Crippen LogP contribution >= 0.6 is 11.3 Å². The van der Waals surface area contributed by atoms with Gasteiger partial charge < -0.3 is 15.6 Å². The van der Waals surface area contributed by atoms with E-state index in [0.717, 1.165) is 11.3 Å². The highest BCUT2D eigenvalue weighted by Gasteiger charge is 2.18. The van der Waals surface area contributed by atoms with Gasteiger partial charge in [-0.05, 0) is 12.1 Å². The van der Waals surface area contributed by atoms with E-state index in [1.165, 1.54) is 12.3 Å². The van der Waals surface area contributed by atoms with Crippen molar-refractivity contribution in [3.63, 3.8) is 0 Å². The molecule has 2 heterocycles. The Morgan fingerprint density at radius 3 is 3.00 bits per heavy atom. The maximum atomic E-state index is 13.7. The summed E-state index contributed by atoms with van der Waals surface area (Å²) in [7, 11) is 0. The molecule has 0 radical (unpaired) electrons. The molecule has 0 aliphatic rings. The van der Waals surface area contributed by atoms with Crippen LogP contribution in [0.1, 0.15) is 15.4 Å². The first kappa shape index (κ1) is 12.6. The highest BCUT2D eigenvalue weighted by molar-refractivity contribution is 7.21. The fourth-order valence-electron chi connectivity index (χ4n) is 1.88. The molecule has 0 aliphatic heterocycles. The van der Waals surface area contributed by atoms with Gasteiger partial charge in [0, 0.05) is 10.8 Å².